The van der Waals surface area contributed by atoms with Gasteiger partial charge in [0.05, 0.1) is 24.5 Å². The van der Waals surface area contributed by atoms with Gasteiger partial charge in [-0.1, -0.05) is 19.9 Å². The number of aromatic nitrogens is 3. The van der Waals surface area contributed by atoms with Crippen LogP contribution in [0.1, 0.15) is 42.7 Å². The van der Waals surface area contributed by atoms with Gasteiger partial charge in [0.25, 0.3) is 0 Å². The number of rotatable bonds is 4. The van der Waals surface area contributed by atoms with Gasteiger partial charge in [-0.25, -0.2) is 4.68 Å². The fourth-order valence-electron chi connectivity index (χ4n) is 3.63. The van der Waals surface area contributed by atoms with E-state index in [0.29, 0.717) is 25.4 Å². The molecule has 0 saturated carbocycles. The molecule has 0 unspecified atom stereocenters. The van der Waals surface area contributed by atoms with Crippen LogP contribution in [0.2, 0.25) is 0 Å². The lowest BCUT2D eigenvalue weighted by Gasteiger charge is -2.18. The van der Waals surface area contributed by atoms with E-state index in [1.165, 1.54) is 11.1 Å². The van der Waals surface area contributed by atoms with Crippen molar-refractivity contribution in [3.63, 3.8) is 0 Å². The monoisotopic (exact) mass is 362 g/mol. The summed E-state index contributed by atoms with van der Waals surface area (Å²) < 4.78 is 4.11. The van der Waals surface area contributed by atoms with Gasteiger partial charge in [-0.15, -0.1) is 0 Å². The number of benzene rings is 1. The summed E-state index contributed by atoms with van der Waals surface area (Å²) in [4.78, 5) is 14.5. The molecule has 0 spiro atoms. The van der Waals surface area contributed by atoms with Gasteiger partial charge in [-0.2, -0.15) is 5.10 Å². The predicted octanol–water partition coefficient (Wildman–Crippen LogP) is 4.17. The number of fused-ring (bicyclic) bond motifs is 1. The molecule has 27 heavy (non-hydrogen) atoms. The molecule has 0 radical (unpaired) electrons. The Balaban J connectivity index is 1.76. The van der Waals surface area contributed by atoms with Gasteiger partial charge in [0, 0.05) is 24.4 Å². The molecule has 0 fully saturated rings. The van der Waals surface area contributed by atoms with E-state index in [-0.39, 0.29) is 5.91 Å². The molecule has 1 aromatic carbocycles. The third kappa shape index (κ3) is 3.18. The van der Waals surface area contributed by atoms with Crippen LogP contribution < -0.4 is 0 Å². The molecule has 0 N–H and O–H groups in total. The zero-order valence-electron chi connectivity index (χ0n) is 16.4. The van der Waals surface area contributed by atoms with Crippen molar-refractivity contribution in [2.75, 3.05) is 0 Å². The number of hydrogen-bond donors (Lipinski definition) is 0. The Morgan fingerprint density at radius 2 is 1.85 bits per heavy atom. The molecular formula is C22H26N4O. The van der Waals surface area contributed by atoms with E-state index >= 15 is 0 Å². The minimum atomic E-state index is 0.208. The highest BCUT2D eigenvalue weighted by Crippen LogP contribution is 2.31. The zero-order chi connectivity index (χ0) is 19.1. The summed E-state index contributed by atoms with van der Waals surface area (Å²) in [7, 11) is 0. The third-order valence-electron chi connectivity index (χ3n) is 5.25. The van der Waals surface area contributed by atoms with Crippen LogP contribution in [0.3, 0.4) is 0 Å². The molecule has 1 aliphatic rings. The zero-order valence-corrected chi connectivity index (χ0v) is 16.4. The van der Waals surface area contributed by atoms with Crippen LogP contribution in [0.15, 0.2) is 42.7 Å². The summed E-state index contributed by atoms with van der Waals surface area (Å²) in [6.07, 6.45) is 4.65. The second-order valence-electron chi connectivity index (χ2n) is 7.87. The predicted molar refractivity (Wildman–Crippen MR) is 106 cm³/mol. The highest BCUT2D eigenvalue weighted by Gasteiger charge is 2.31. The second kappa shape index (κ2) is 6.72. The second-order valence-corrected chi connectivity index (χ2v) is 7.87. The summed E-state index contributed by atoms with van der Waals surface area (Å²) in [5.41, 5.74) is 5.70. The van der Waals surface area contributed by atoms with Gasteiger partial charge in [-0.05, 0) is 55.2 Å². The molecule has 5 heteroatoms. The fourth-order valence-corrected chi connectivity index (χ4v) is 3.63. The van der Waals surface area contributed by atoms with Crippen LogP contribution >= 0.6 is 0 Å². The van der Waals surface area contributed by atoms with Crippen molar-refractivity contribution in [3.8, 4) is 11.5 Å². The molecular weight excluding hydrogens is 336 g/mol. The first-order chi connectivity index (χ1) is 12.9. The van der Waals surface area contributed by atoms with Crippen LogP contribution in [0.25, 0.3) is 11.5 Å². The largest absolute Gasteiger partial charge is 0.332 e. The number of amides is 1. The van der Waals surface area contributed by atoms with Crippen molar-refractivity contribution in [2.24, 2.45) is 5.92 Å². The van der Waals surface area contributed by atoms with Crippen LogP contribution in [0, 0.1) is 19.8 Å². The van der Waals surface area contributed by atoms with Crippen molar-refractivity contribution in [2.45, 2.75) is 47.2 Å². The van der Waals surface area contributed by atoms with Gasteiger partial charge in [0.15, 0.2) is 0 Å². The maximum Gasteiger partial charge on any atom is 0.223 e. The summed E-state index contributed by atoms with van der Waals surface area (Å²) >= 11 is 0. The van der Waals surface area contributed by atoms with E-state index in [1.54, 1.807) is 0 Å². The lowest BCUT2D eigenvalue weighted by molar-refractivity contribution is -0.132. The molecule has 2 aromatic heterocycles. The number of carbonyl (C=O) groups excluding carboxylic acids is 1. The minimum absolute atomic E-state index is 0.208. The molecule has 1 amide bonds. The van der Waals surface area contributed by atoms with Crippen LogP contribution in [0.5, 0.6) is 0 Å². The van der Waals surface area contributed by atoms with Crippen LogP contribution in [0.4, 0.5) is 0 Å². The Bertz CT molecular complexity index is 982. The quantitative estimate of drug-likeness (QED) is 0.699. The molecule has 0 bridgehead atoms. The van der Waals surface area contributed by atoms with E-state index in [9.17, 15) is 4.79 Å². The van der Waals surface area contributed by atoms with E-state index in [0.717, 1.165) is 22.8 Å². The van der Waals surface area contributed by atoms with Crippen molar-refractivity contribution >= 4 is 5.91 Å². The Kier molecular flexibility index (Phi) is 4.38. The highest BCUT2D eigenvalue weighted by atomic mass is 16.2. The van der Waals surface area contributed by atoms with Gasteiger partial charge in [-0.3, -0.25) is 4.79 Å². The Hall–Kier alpha value is -2.82. The Morgan fingerprint density at radius 3 is 2.52 bits per heavy atom. The number of carbonyl (C=O) groups is 1. The van der Waals surface area contributed by atoms with Gasteiger partial charge < -0.3 is 9.47 Å². The first kappa shape index (κ1) is 17.6. The maximum absolute atomic E-state index is 12.5. The lowest BCUT2D eigenvalue weighted by Crippen LogP contribution is -2.27. The molecule has 1 aliphatic heterocycles. The van der Waals surface area contributed by atoms with Gasteiger partial charge in [0.2, 0.25) is 5.91 Å². The summed E-state index contributed by atoms with van der Waals surface area (Å²) in [6, 6.07) is 10.4. The first-order valence-corrected chi connectivity index (χ1v) is 9.53. The van der Waals surface area contributed by atoms with Crippen molar-refractivity contribution in [1.29, 1.82) is 0 Å². The lowest BCUT2D eigenvalue weighted by atomic mass is 10.1. The molecule has 5 nitrogen and oxygen atoms in total. The summed E-state index contributed by atoms with van der Waals surface area (Å²) in [5, 5.41) is 4.90. The average Bonchev–Trinajstić information content (AvgIpc) is 3.31. The number of nitrogens with zero attached hydrogens (tertiary/aromatic N) is 4. The maximum atomic E-state index is 12.5. The molecule has 3 aromatic rings. The van der Waals surface area contributed by atoms with Gasteiger partial charge in [0.1, 0.15) is 5.82 Å². The SMILES string of the molecule is Cc1ccc(-n2nc3c(c2-n2cccc2)CN(C(=O)CC(C)C)C3)cc1C. The number of hydrogen-bond acceptors (Lipinski definition) is 2. The van der Waals surface area contributed by atoms with Crippen molar-refractivity contribution < 1.29 is 4.79 Å². The molecule has 140 valence electrons. The van der Waals surface area contributed by atoms with E-state index < -0.39 is 0 Å². The molecule has 0 atom stereocenters. The molecule has 0 aliphatic carbocycles. The van der Waals surface area contributed by atoms with E-state index in [2.05, 4.69) is 50.5 Å². The first-order valence-electron chi connectivity index (χ1n) is 9.53. The molecule has 3 heterocycles. The van der Waals surface area contributed by atoms with Crippen molar-refractivity contribution in [1.82, 2.24) is 19.2 Å². The molecule has 4 rings (SSSR count). The van der Waals surface area contributed by atoms with Crippen molar-refractivity contribution in [3.05, 3.63) is 65.1 Å². The van der Waals surface area contributed by atoms with E-state index in [1.807, 2.05) is 34.1 Å². The average molecular weight is 362 g/mol. The van der Waals surface area contributed by atoms with E-state index in [4.69, 9.17) is 5.10 Å². The summed E-state index contributed by atoms with van der Waals surface area (Å²) in [5.74, 6) is 1.60. The molecule has 0 saturated heterocycles. The third-order valence-corrected chi connectivity index (χ3v) is 5.25. The Labute approximate surface area is 160 Å². The highest BCUT2D eigenvalue weighted by molar-refractivity contribution is 5.77. The topological polar surface area (TPSA) is 43.1 Å². The smallest absolute Gasteiger partial charge is 0.223 e. The fraction of sp³-hybridized carbons (Fsp3) is 0.364. The van der Waals surface area contributed by atoms with Gasteiger partial charge >= 0.3 is 0 Å². The Morgan fingerprint density at radius 1 is 1.11 bits per heavy atom. The minimum Gasteiger partial charge on any atom is -0.332 e. The normalized spacial score (nSPS) is 13.4. The van der Waals surface area contributed by atoms with Crippen LogP contribution in [-0.4, -0.2) is 25.2 Å². The standard InChI is InChI=1S/C22H26N4O/c1-15(2)11-21(27)25-13-19-20(14-25)23-26(22(19)24-9-5-6-10-24)18-8-7-16(3)17(4)12-18/h5-10,12,15H,11,13-14H2,1-4H3. The summed E-state index contributed by atoms with van der Waals surface area (Å²) in [6.45, 7) is 9.62. The number of aryl methyl sites for hydroxylation is 2. The van der Waals surface area contributed by atoms with Crippen LogP contribution in [-0.2, 0) is 17.9 Å².